The lowest BCUT2D eigenvalue weighted by atomic mass is 10.3. The van der Waals surface area contributed by atoms with E-state index in [-0.39, 0.29) is 5.75 Å². The molecule has 0 radical (unpaired) electrons. The van der Waals surface area contributed by atoms with Crippen LogP contribution in [0.1, 0.15) is 0 Å². The smallest absolute Gasteiger partial charge is 0.179 e. The van der Waals surface area contributed by atoms with E-state index < -0.39 is 0 Å². The Balaban J connectivity index is 2.57. The van der Waals surface area contributed by atoms with Crippen LogP contribution >= 0.6 is 44.1 Å². The minimum absolute atomic E-state index is 0.0638. The number of aromatic nitrogens is 1. The van der Waals surface area contributed by atoms with Crippen LogP contribution in [-0.4, -0.2) is 9.48 Å². The van der Waals surface area contributed by atoms with Crippen molar-refractivity contribution in [1.29, 1.82) is 0 Å². The molecule has 0 aliphatic rings. The van der Waals surface area contributed by atoms with Crippen LogP contribution in [0.5, 0.6) is 5.75 Å². The molecule has 1 heterocycles. The average molecular weight is 279 g/mol. The number of benzene rings is 1. The Morgan fingerprint density at radius 1 is 1.33 bits per heavy atom. The van der Waals surface area contributed by atoms with Crippen LogP contribution < -0.4 is 4.67 Å². The molecular formula is C8H4Cl2N2OS2. The minimum Gasteiger partial charge on any atom is -0.506 e. The number of aromatic hydroxyl groups is 1. The number of hydrogen-bond donors (Lipinski definition) is 1. The molecule has 15 heavy (non-hydrogen) atoms. The summed E-state index contributed by atoms with van der Waals surface area (Å²) >= 11 is 11.6. The SMILES string of the molecule is Oc1ccc(Cl)cc1N=c1ssnc1Cl. The maximum Gasteiger partial charge on any atom is 0.179 e. The number of phenols is 1. The van der Waals surface area contributed by atoms with Crippen molar-refractivity contribution in [2.24, 2.45) is 4.99 Å². The van der Waals surface area contributed by atoms with E-state index in [4.69, 9.17) is 23.2 Å². The van der Waals surface area contributed by atoms with Crippen LogP contribution in [0.25, 0.3) is 0 Å². The molecule has 0 saturated carbocycles. The highest BCUT2D eigenvalue weighted by Crippen LogP contribution is 2.29. The van der Waals surface area contributed by atoms with Crippen molar-refractivity contribution in [3.63, 3.8) is 0 Å². The number of halogens is 2. The van der Waals surface area contributed by atoms with Gasteiger partial charge in [-0.25, -0.2) is 4.99 Å². The fraction of sp³-hybridized carbons (Fsp3) is 0. The Morgan fingerprint density at radius 3 is 2.80 bits per heavy atom. The van der Waals surface area contributed by atoms with Gasteiger partial charge in [-0.15, -0.1) is 0 Å². The molecule has 0 amide bonds. The van der Waals surface area contributed by atoms with Crippen molar-refractivity contribution in [2.75, 3.05) is 0 Å². The molecule has 0 bridgehead atoms. The van der Waals surface area contributed by atoms with E-state index in [1.54, 1.807) is 12.1 Å². The quantitative estimate of drug-likeness (QED) is 0.813. The van der Waals surface area contributed by atoms with Gasteiger partial charge in [-0.2, -0.15) is 4.37 Å². The van der Waals surface area contributed by atoms with Gasteiger partial charge < -0.3 is 5.11 Å². The van der Waals surface area contributed by atoms with Gasteiger partial charge in [0.25, 0.3) is 0 Å². The molecule has 78 valence electrons. The highest BCUT2D eigenvalue weighted by Gasteiger charge is 2.02. The van der Waals surface area contributed by atoms with Crippen LogP contribution in [0.4, 0.5) is 5.69 Å². The third-order valence-corrected chi connectivity index (χ3v) is 3.98. The Hall–Kier alpha value is -0.620. The molecule has 1 aromatic heterocycles. The maximum atomic E-state index is 9.52. The van der Waals surface area contributed by atoms with Gasteiger partial charge in [0.05, 0.1) is 0 Å². The predicted octanol–water partition coefficient (Wildman–Crippen LogP) is 3.45. The van der Waals surface area contributed by atoms with Crippen molar-refractivity contribution in [2.45, 2.75) is 0 Å². The monoisotopic (exact) mass is 278 g/mol. The normalized spacial score (nSPS) is 12.0. The topological polar surface area (TPSA) is 45.5 Å². The molecule has 2 aromatic rings. The van der Waals surface area contributed by atoms with Crippen LogP contribution in [0.3, 0.4) is 0 Å². The Labute approximate surface area is 103 Å². The molecule has 7 heteroatoms. The van der Waals surface area contributed by atoms with Crippen LogP contribution in [0.15, 0.2) is 23.2 Å². The molecule has 0 fully saturated rings. The second-order valence-electron chi connectivity index (χ2n) is 2.59. The minimum atomic E-state index is 0.0638. The van der Waals surface area contributed by atoms with Gasteiger partial charge in [-0.3, -0.25) is 0 Å². The lowest BCUT2D eigenvalue weighted by Crippen LogP contribution is -1.92. The van der Waals surface area contributed by atoms with Gasteiger partial charge in [-0.05, 0) is 28.5 Å². The molecule has 0 aliphatic heterocycles. The second-order valence-corrected chi connectivity index (χ2v) is 5.22. The molecule has 0 aliphatic carbocycles. The van der Waals surface area contributed by atoms with Crippen molar-refractivity contribution < 1.29 is 5.11 Å². The number of hydrogen-bond acceptors (Lipinski definition) is 5. The summed E-state index contributed by atoms with van der Waals surface area (Å²) in [6.07, 6.45) is 0. The second kappa shape index (κ2) is 4.49. The van der Waals surface area contributed by atoms with E-state index in [1.807, 2.05) is 0 Å². The first-order chi connectivity index (χ1) is 7.16. The molecule has 0 saturated heterocycles. The van der Waals surface area contributed by atoms with Crippen molar-refractivity contribution >= 4 is 49.8 Å². The largest absolute Gasteiger partial charge is 0.506 e. The summed E-state index contributed by atoms with van der Waals surface area (Å²) in [5, 5.41) is 10.4. The Kier molecular flexibility index (Phi) is 3.25. The first-order valence-corrected chi connectivity index (χ1v) is 6.68. The van der Waals surface area contributed by atoms with Crippen molar-refractivity contribution in [3.8, 4) is 5.75 Å². The van der Waals surface area contributed by atoms with E-state index >= 15 is 0 Å². The highest BCUT2D eigenvalue weighted by molar-refractivity contribution is 7.66. The van der Waals surface area contributed by atoms with Crippen LogP contribution in [0.2, 0.25) is 10.2 Å². The number of rotatable bonds is 1. The Bertz CT molecular complexity index is 550. The molecule has 2 rings (SSSR count). The van der Waals surface area contributed by atoms with Gasteiger partial charge in [0.1, 0.15) is 11.4 Å². The third kappa shape index (κ3) is 2.49. The Morgan fingerprint density at radius 2 is 2.13 bits per heavy atom. The summed E-state index contributed by atoms with van der Waals surface area (Å²) in [5.41, 5.74) is 0.390. The van der Waals surface area contributed by atoms with E-state index in [0.717, 1.165) is 0 Å². The fourth-order valence-corrected chi connectivity index (χ4v) is 3.07. The summed E-state index contributed by atoms with van der Waals surface area (Å²) in [4.78, 5) is 4.16. The first kappa shape index (κ1) is 10.9. The van der Waals surface area contributed by atoms with Crippen molar-refractivity contribution in [1.82, 2.24) is 4.37 Å². The lowest BCUT2D eigenvalue weighted by molar-refractivity contribution is 0.476. The number of nitrogens with zero attached hydrogens (tertiary/aromatic N) is 2. The summed E-state index contributed by atoms with van der Waals surface area (Å²) in [6, 6.07) is 4.64. The van der Waals surface area contributed by atoms with Crippen molar-refractivity contribution in [3.05, 3.63) is 33.0 Å². The lowest BCUT2D eigenvalue weighted by Gasteiger charge is -1.97. The maximum absolute atomic E-state index is 9.52. The summed E-state index contributed by atoms with van der Waals surface area (Å²) in [5.74, 6) is 0.0638. The van der Waals surface area contributed by atoms with E-state index in [0.29, 0.717) is 20.5 Å². The standard InChI is InChI=1S/C8H4Cl2N2OS2/c9-4-1-2-6(13)5(3-4)11-8-7(10)12-15-14-8/h1-3,13H. The zero-order valence-corrected chi connectivity index (χ0v) is 10.3. The summed E-state index contributed by atoms with van der Waals surface area (Å²) in [6.45, 7) is 0. The molecule has 1 aromatic carbocycles. The average Bonchev–Trinajstić information content (AvgIpc) is 2.58. The zero-order valence-electron chi connectivity index (χ0n) is 7.15. The molecule has 0 unspecified atom stereocenters. The highest BCUT2D eigenvalue weighted by atomic mass is 35.5. The predicted molar refractivity (Wildman–Crippen MR) is 63.3 cm³/mol. The van der Waals surface area contributed by atoms with Crippen LogP contribution in [-0.2, 0) is 0 Å². The first-order valence-electron chi connectivity index (χ1n) is 3.81. The summed E-state index contributed by atoms with van der Waals surface area (Å²) < 4.78 is 4.45. The number of phenolic OH excluding ortho intramolecular Hbond substituents is 1. The summed E-state index contributed by atoms with van der Waals surface area (Å²) in [7, 11) is 2.58. The third-order valence-electron chi connectivity index (χ3n) is 1.57. The zero-order chi connectivity index (χ0) is 10.8. The fourth-order valence-electron chi connectivity index (χ4n) is 0.920. The van der Waals surface area contributed by atoms with E-state index in [2.05, 4.69) is 9.37 Å². The van der Waals surface area contributed by atoms with Gasteiger partial charge in [0, 0.05) is 15.6 Å². The molecule has 0 atom stereocenters. The van der Waals surface area contributed by atoms with Gasteiger partial charge >= 0.3 is 0 Å². The van der Waals surface area contributed by atoms with Gasteiger partial charge in [-0.1, -0.05) is 23.2 Å². The molecule has 3 nitrogen and oxygen atoms in total. The van der Waals surface area contributed by atoms with E-state index in [9.17, 15) is 5.11 Å². The molecule has 1 N–H and O–H groups in total. The molecular weight excluding hydrogens is 275 g/mol. The van der Waals surface area contributed by atoms with Gasteiger partial charge in [0.15, 0.2) is 9.82 Å². The van der Waals surface area contributed by atoms with Crippen LogP contribution in [0, 0.1) is 0 Å². The van der Waals surface area contributed by atoms with Gasteiger partial charge in [0.2, 0.25) is 0 Å². The molecule has 0 spiro atoms. The van der Waals surface area contributed by atoms with E-state index in [1.165, 1.54) is 26.9 Å².